The van der Waals surface area contributed by atoms with Crippen LogP contribution in [0, 0.1) is 19.7 Å². The minimum absolute atomic E-state index is 0.00687. The number of nitrogens with zero attached hydrogens (tertiary/aromatic N) is 2. The Morgan fingerprint density at radius 2 is 1.86 bits per heavy atom. The van der Waals surface area contributed by atoms with Crippen molar-refractivity contribution < 1.29 is 13.9 Å². The van der Waals surface area contributed by atoms with E-state index in [1.807, 2.05) is 19.2 Å². The van der Waals surface area contributed by atoms with Crippen LogP contribution < -0.4 is 10.1 Å². The average Bonchev–Trinajstić information content (AvgIpc) is 3.22. The lowest BCUT2D eigenvalue weighted by molar-refractivity contribution is -0.127. The summed E-state index contributed by atoms with van der Waals surface area (Å²) in [6.45, 7) is 6.58. The highest BCUT2D eigenvalue weighted by atomic mass is 19.1. The van der Waals surface area contributed by atoms with Crippen molar-refractivity contribution >= 4 is 5.91 Å². The van der Waals surface area contributed by atoms with E-state index in [4.69, 9.17) is 4.74 Å². The Balaban J connectivity index is 1.15. The Kier molecular flexibility index (Phi) is 8.34. The first kappa shape index (κ1) is 28.1. The normalized spacial score (nSPS) is 16.6. The molecule has 3 heterocycles. The third-order valence-corrected chi connectivity index (χ3v) is 8.72. The van der Waals surface area contributed by atoms with Crippen molar-refractivity contribution in [2.45, 2.75) is 65.1 Å². The molecule has 6 heteroatoms. The van der Waals surface area contributed by atoms with Gasteiger partial charge in [0.1, 0.15) is 11.6 Å². The zero-order valence-electron chi connectivity index (χ0n) is 24.5. The van der Waals surface area contributed by atoms with E-state index in [1.54, 1.807) is 12.1 Å². The fourth-order valence-electron chi connectivity index (χ4n) is 6.20. The lowest BCUT2D eigenvalue weighted by Crippen LogP contribution is -2.50. The number of hydrogen-bond donors (Lipinski definition) is 1. The maximum absolute atomic E-state index is 14.0. The molecule has 1 amide bonds. The summed E-state index contributed by atoms with van der Waals surface area (Å²) in [7, 11) is 0. The smallest absolute Gasteiger partial charge is 0.237 e. The topological polar surface area (TPSA) is 54.5 Å². The Bertz CT molecular complexity index is 1580. The standard InChI is InChI=1S/C36H38FN3O2/c1-24-25(2)38-16-14-33(24)28-11-9-26(10-12-28)13-15-39-36(41)34-20-30-21-35-29(7-3-4-17-42-35)19-31(30)23-40(34)22-27-6-5-8-32(37)18-27/h5-6,8-12,14,16,18-19,21,34H,3-4,7,13,15,17,20,22-23H2,1-2H3,(H,39,41). The first-order valence-electron chi connectivity index (χ1n) is 15.0. The molecular formula is C36H38FN3O2. The largest absolute Gasteiger partial charge is 0.493 e. The Labute approximate surface area is 247 Å². The van der Waals surface area contributed by atoms with E-state index >= 15 is 0 Å². The van der Waals surface area contributed by atoms with E-state index in [0.717, 1.165) is 49.3 Å². The number of hydrogen-bond acceptors (Lipinski definition) is 4. The summed E-state index contributed by atoms with van der Waals surface area (Å²) in [5, 5.41) is 3.20. The number of rotatable bonds is 7. The molecule has 3 aromatic carbocycles. The van der Waals surface area contributed by atoms with Crippen LogP contribution in [0.1, 0.15) is 51.9 Å². The van der Waals surface area contributed by atoms with Gasteiger partial charge in [0.05, 0.1) is 12.6 Å². The first-order chi connectivity index (χ1) is 20.4. The van der Waals surface area contributed by atoms with Crippen LogP contribution in [0.4, 0.5) is 4.39 Å². The molecule has 0 saturated carbocycles. The molecule has 6 rings (SSSR count). The van der Waals surface area contributed by atoms with E-state index in [1.165, 1.54) is 45.0 Å². The quantitative estimate of drug-likeness (QED) is 0.279. The highest BCUT2D eigenvalue weighted by Crippen LogP contribution is 2.33. The van der Waals surface area contributed by atoms with Crippen molar-refractivity contribution in [1.82, 2.24) is 15.2 Å². The zero-order valence-corrected chi connectivity index (χ0v) is 24.5. The number of benzene rings is 3. The van der Waals surface area contributed by atoms with Gasteiger partial charge < -0.3 is 10.1 Å². The lowest BCUT2D eigenvalue weighted by atomic mass is 9.90. The molecule has 216 valence electrons. The Morgan fingerprint density at radius 1 is 1.00 bits per heavy atom. The molecule has 1 atom stereocenters. The predicted octanol–water partition coefficient (Wildman–Crippen LogP) is 6.51. The summed E-state index contributed by atoms with van der Waals surface area (Å²) in [6.07, 6.45) is 6.39. The van der Waals surface area contributed by atoms with Crippen molar-refractivity contribution in [2.24, 2.45) is 0 Å². The fraction of sp³-hybridized carbons (Fsp3) is 0.333. The number of amides is 1. The zero-order chi connectivity index (χ0) is 29.1. The summed E-state index contributed by atoms with van der Waals surface area (Å²) in [4.78, 5) is 20.2. The lowest BCUT2D eigenvalue weighted by Gasteiger charge is -2.36. The number of aromatic nitrogens is 1. The van der Waals surface area contributed by atoms with E-state index in [0.29, 0.717) is 26.1 Å². The number of pyridine rings is 1. The van der Waals surface area contributed by atoms with Gasteiger partial charge in [-0.1, -0.05) is 42.5 Å². The van der Waals surface area contributed by atoms with Gasteiger partial charge in [-0.15, -0.1) is 0 Å². The summed E-state index contributed by atoms with van der Waals surface area (Å²) in [5.41, 5.74) is 10.3. The second-order valence-corrected chi connectivity index (χ2v) is 11.6. The van der Waals surface area contributed by atoms with Crippen molar-refractivity contribution in [3.63, 3.8) is 0 Å². The van der Waals surface area contributed by atoms with Gasteiger partial charge in [0.25, 0.3) is 0 Å². The van der Waals surface area contributed by atoms with E-state index in [-0.39, 0.29) is 17.8 Å². The van der Waals surface area contributed by atoms with E-state index < -0.39 is 0 Å². The number of fused-ring (bicyclic) bond motifs is 2. The molecule has 2 aliphatic rings. The van der Waals surface area contributed by atoms with Crippen LogP contribution in [0.5, 0.6) is 5.75 Å². The molecule has 0 bridgehead atoms. The van der Waals surface area contributed by atoms with Gasteiger partial charge >= 0.3 is 0 Å². The maximum atomic E-state index is 14.0. The Morgan fingerprint density at radius 3 is 2.69 bits per heavy atom. The summed E-state index contributed by atoms with van der Waals surface area (Å²) < 4.78 is 20.1. The molecule has 42 heavy (non-hydrogen) atoms. The number of carbonyl (C=O) groups excluding carboxylic acids is 1. The molecule has 0 saturated heterocycles. The molecule has 0 fully saturated rings. The van der Waals surface area contributed by atoms with Crippen molar-refractivity contribution in [1.29, 1.82) is 0 Å². The molecule has 2 aliphatic heterocycles. The number of carbonyl (C=O) groups is 1. The van der Waals surface area contributed by atoms with Gasteiger partial charge in [-0.3, -0.25) is 14.7 Å². The molecule has 5 nitrogen and oxygen atoms in total. The van der Waals surface area contributed by atoms with Crippen molar-refractivity contribution in [3.8, 4) is 16.9 Å². The van der Waals surface area contributed by atoms with Gasteiger partial charge in [0, 0.05) is 31.5 Å². The molecule has 1 unspecified atom stereocenters. The molecule has 4 aromatic rings. The second-order valence-electron chi connectivity index (χ2n) is 11.6. The number of halogens is 1. The Hall–Kier alpha value is -4.03. The number of ether oxygens (including phenoxy) is 1. The van der Waals surface area contributed by atoms with Gasteiger partial charge in [-0.05, 0) is 115 Å². The molecule has 0 spiro atoms. The minimum Gasteiger partial charge on any atom is -0.493 e. The van der Waals surface area contributed by atoms with Gasteiger partial charge in [0.15, 0.2) is 0 Å². The van der Waals surface area contributed by atoms with Crippen LogP contribution in [-0.2, 0) is 37.1 Å². The minimum atomic E-state index is -0.343. The van der Waals surface area contributed by atoms with Crippen LogP contribution >= 0.6 is 0 Å². The maximum Gasteiger partial charge on any atom is 0.237 e. The first-order valence-corrected chi connectivity index (χ1v) is 15.0. The molecule has 1 aromatic heterocycles. The van der Waals surface area contributed by atoms with Crippen LogP contribution in [0.15, 0.2) is 72.9 Å². The van der Waals surface area contributed by atoms with Gasteiger partial charge in [0.2, 0.25) is 5.91 Å². The van der Waals surface area contributed by atoms with Crippen molar-refractivity contribution in [3.05, 3.63) is 118 Å². The summed E-state index contributed by atoms with van der Waals surface area (Å²) >= 11 is 0. The van der Waals surface area contributed by atoms with E-state index in [2.05, 4.69) is 64.6 Å². The monoisotopic (exact) mass is 563 g/mol. The van der Waals surface area contributed by atoms with Crippen LogP contribution in [0.3, 0.4) is 0 Å². The molecular weight excluding hydrogens is 525 g/mol. The SMILES string of the molecule is Cc1nccc(-c2ccc(CCNC(=O)C3Cc4cc5c(cc4CN3Cc3cccc(F)c3)CCCCO5)cc2)c1C. The summed E-state index contributed by atoms with van der Waals surface area (Å²) in [6, 6.07) is 21.4. The fourth-order valence-corrected chi connectivity index (χ4v) is 6.20. The van der Waals surface area contributed by atoms with E-state index in [9.17, 15) is 9.18 Å². The van der Waals surface area contributed by atoms with Crippen LogP contribution in [-0.4, -0.2) is 35.0 Å². The second kappa shape index (κ2) is 12.5. The van der Waals surface area contributed by atoms with Gasteiger partial charge in [-0.2, -0.15) is 0 Å². The number of nitrogens with one attached hydrogen (secondary N) is 1. The highest BCUT2D eigenvalue weighted by molar-refractivity contribution is 5.82. The molecule has 0 radical (unpaired) electrons. The predicted molar refractivity (Wildman–Crippen MR) is 164 cm³/mol. The van der Waals surface area contributed by atoms with Crippen molar-refractivity contribution in [2.75, 3.05) is 13.2 Å². The highest BCUT2D eigenvalue weighted by Gasteiger charge is 2.32. The molecule has 1 N–H and O–H groups in total. The summed E-state index contributed by atoms with van der Waals surface area (Å²) in [5.74, 6) is 0.714. The molecule has 0 aliphatic carbocycles. The number of aryl methyl sites for hydroxylation is 2. The average molecular weight is 564 g/mol. The third-order valence-electron chi connectivity index (χ3n) is 8.72. The van der Waals surface area contributed by atoms with Crippen LogP contribution in [0.25, 0.3) is 11.1 Å². The third kappa shape index (κ3) is 6.24. The van der Waals surface area contributed by atoms with Gasteiger partial charge in [-0.25, -0.2) is 4.39 Å². The van der Waals surface area contributed by atoms with Crippen LogP contribution in [0.2, 0.25) is 0 Å².